The van der Waals surface area contributed by atoms with Crippen LogP contribution in [0.25, 0.3) is 10.8 Å². The predicted molar refractivity (Wildman–Crippen MR) is 63.9 cm³/mol. The fourth-order valence-electron chi connectivity index (χ4n) is 1.67. The first-order valence-corrected chi connectivity index (χ1v) is 6.27. The minimum atomic E-state index is -4.52. The molecule has 0 saturated carbocycles. The molecular formula is C11H9NO5S. The number of phenolic OH excluding ortho intramolecular Hbond substituents is 1. The van der Waals surface area contributed by atoms with Gasteiger partial charge in [-0.25, -0.2) is 0 Å². The van der Waals surface area contributed by atoms with Crippen LogP contribution in [0, 0.1) is 0 Å². The number of amides is 1. The second-order valence-corrected chi connectivity index (χ2v) is 5.11. The molecule has 2 aromatic carbocycles. The summed E-state index contributed by atoms with van der Waals surface area (Å²) in [6, 6.07) is 6.29. The van der Waals surface area contributed by atoms with Gasteiger partial charge in [-0.1, -0.05) is 6.07 Å². The Bertz CT molecular complexity index is 751. The average Bonchev–Trinajstić information content (AvgIpc) is 2.26. The zero-order valence-electron chi connectivity index (χ0n) is 8.99. The first kappa shape index (κ1) is 12.3. The van der Waals surface area contributed by atoms with Crippen LogP contribution in [0.15, 0.2) is 35.2 Å². The third-order valence-corrected chi connectivity index (χ3v) is 3.36. The number of benzene rings is 2. The maximum absolute atomic E-state index is 11.3. The Morgan fingerprint density at radius 2 is 1.83 bits per heavy atom. The van der Waals surface area contributed by atoms with Crippen LogP contribution in [-0.4, -0.2) is 24.0 Å². The van der Waals surface area contributed by atoms with Crippen molar-refractivity contribution in [3.05, 3.63) is 35.9 Å². The average molecular weight is 267 g/mol. The van der Waals surface area contributed by atoms with Crippen LogP contribution in [0.5, 0.6) is 5.75 Å². The molecular weight excluding hydrogens is 258 g/mol. The number of hydrogen-bond acceptors (Lipinski definition) is 4. The second-order valence-electron chi connectivity index (χ2n) is 3.72. The second kappa shape index (κ2) is 3.97. The van der Waals surface area contributed by atoms with Gasteiger partial charge in [0.25, 0.3) is 10.1 Å². The Labute approximate surface area is 102 Å². The van der Waals surface area contributed by atoms with Crippen LogP contribution in [0.1, 0.15) is 10.4 Å². The summed E-state index contributed by atoms with van der Waals surface area (Å²) in [5.74, 6) is -0.964. The maximum atomic E-state index is 11.3. The summed E-state index contributed by atoms with van der Waals surface area (Å²) >= 11 is 0. The molecule has 0 heterocycles. The molecule has 0 radical (unpaired) electrons. The van der Waals surface area contributed by atoms with E-state index in [0.717, 1.165) is 6.07 Å². The normalized spacial score (nSPS) is 11.6. The number of nitrogens with two attached hydrogens (primary N) is 1. The van der Waals surface area contributed by atoms with E-state index in [2.05, 4.69) is 0 Å². The minimum Gasteiger partial charge on any atom is -0.508 e. The van der Waals surface area contributed by atoms with Crippen molar-refractivity contribution in [3.63, 3.8) is 0 Å². The molecule has 6 nitrogen and oxygen atoms in total. The lowest BCUT2D eigenvalue weighted by atomic mass is 10.1. The molecule has 2 rings (SSSR count). The molecule has 0 aromatic heterocycles. The fourth-order valence-corrected chi connectivity index (χ4v) is 2.40. The van der Waals surface area contributed by atoms with E-state index in [9.17, 15) is 18.3 Å². The van der Waals surface area contributed by atoms with Gasteiger partial charge in [0.15, 0.2) is 0 Å². The van der Waals surface area contributed by atoms with Gasteiger partial charge >= 0.3 is 0 Å². The molecule has 0 unspecified atom stereocenters. The number of hydrogen-bond donors (Lipinski definition) is 3. The van der Waals surface area contributed by atoms with Crippen LogP contribution in [-0.2, 0) is 10.1 Å². The van der Waals surface area contributed by atoms with Gasteiger partial charge in [0, 0.05) is 10.9 Å². The molecule has 0 aliphatic carbocycles. The van der Waals surface area contributed by atoms with Crippen molar-refractivity contribution in [1.82, 2.24) is 0 Å². The molecule has 0 aliphatic rings. The van der Waals surface area contributed by atoms with Crippen molar-refractivity contribution in [1.29, 1.82) is 0 Å². The summed E-state index contributed by atoms with van der Waals surface area (Å²) in [6.45, 7) is 0. The summed E-state index contributed by atoms with van der Waals surface area (Å²) in [4.78, 5) is 10.6. The number of fused-ring (bicyclic) bond motifs is 1. The van der Waals surface area contributed by atoms with Crippen molar-refractivity contribution in [3.8, 4) is 5.75 Å². The summed E-state index contributed by atoms with van der Waals surface area (Å²) in [6.07, 6.45) is 0. The van der Waals surface area contributed by atoms with Gasteiger partial charge in [0.05, 0.1) is 0 Å². The molecule has 4 N–H and O–H groups in total. The molecule has 18 heavy (non-hydrogen) atoms. The highest BCUT2D eigenvalue weighted by molar-refractivity contribution is 7.86. The minimum absolute atomic E-state index is 0.0409. The van der Waals surface area contributed by atoms with E-state index in [-0.39, 0.29) is 16.7 Å². The zero-order chi connectivity index (χ0) is 13.5. The molecule has 0 saturated heterocycles. The first-order valence-electron chi connectivity index (χ1n) is 4.83. The first-order chi connectivity index (χ1) is 8.29. The predicted octanol–water partition coefficient (Wildman–Crippen LogP) is 0.891. The zero-order valence-corrected chi connectivity index (χ0v) is 9.81. The lowest BCUT2D eigenvalue weighted by Gasteiger charge is -2.07. The topological polar surface area (TPSA) is 118 Å². The van der Waals surface area contributed by atoms with Gasteiger partial charge in [-0.15, -0.1) is 0 Å². The summed E-state index contributed by atoms with van der Waals surface area (Å²) in [5, 5.41) is 9.82. The third-order valence-electron chi connectivity index (χ3n) is 2.46. The van der Waals surface area contributed by atoms with Crippen molar-refractivity contribution in [2.75, 3.05) is 0 Å². The standard InChI is InChI=1S/C11H9NO5S/c12-11(14)7-3-6-1-2-8(13)5-9(6)10(4-7)18(15,16)17/h1-5,13H,(H2,12,14)(H,15,16,17). The molecule has 0 bridgehead atoms. The van der Waals surface area contributed by atoms with Crippen molar-refractivity contribution < 1.29 is 22.9 Å². The van der Waals surface area contributed by atoms with Crippen LogP contribution in [0.3, 0.4) is 0 Å². The van der Waals surface area contributed by atoms with Crippen LogP contribution in [0.4, 0.5) is 0 Å². The van der Waals surface area contributed by atoms with E-state index in [1.165, 1.54) is 24.3 Å². The van der Waals surface area contributed by atoms with E-state index in [4.69, 9.17) is 10.3 Å². The Morgan fingerprint density at radius 3 is 2.39 bits per heavy atom. The Hall–Kier alpha value is -2.12. The molecule has 7 heteroatoms. The van der Waals surface area contributed by atoms with Crippen LogP contribution >= 0.6 is 0 Å². The highest BCUT2D eigenvalue weighted by Gasteiger charge is 2.17. The van der Waals surface area contributed by atoms with Gasteiger partial charge < -0.3 is 10.8 Å². The van der Waals surface area contributed by atoms with Gasteiger partial charge in [-0.05, 0) is 29.7 Å². The summed E-state index contributed by atoms with van der Waals surface area (Å²) < 4.78 is 31.6. The highest BCUT2D eigenvalue weighted by atomic mass is 32.2. The smallest absolute Gasteiger partial charge is 0.295 e. The lowest BCUT2D eigenvalue weighted by molar-refractivity contribution is 0.1000. The quantitative estimate of drug-likeness (QED) is 0.698. The van der Waals surface area contributed by atoms with Gasteiger partial charge in [-0.2, -0.15) is 8.42 Å². The Kier molecular flexibility index (Phi) is 2.72. The number of carbonyl (C=O) groups excluding carboxylic acids is 1. The van der Waals surface area contributed by atoms with Crippen LogP contribution < -0.4 is 5.73 Å². The van der Waals surface area contributed by atoms with Gasteiger partial charge in [-0.3, -0.25) is 9.35 Å². The number of carbonyl (C=O) groups is 1. The van der Waals surface area contributed by atoms with E-state index in [1.54, 1.807) is 0 Å². The molecule has 0 atom stereocenters. The largest absolute Gasteiger partial charge is 0.508 e. The number of primary amides is 1. The fraction of sp³-hybridized carbons (Fsp3) is 0. The molecule has 94 valence electrons. The van der Waals surface area contributed by atoms with E-state index in [0.29, 0.717) is 5.39 Å². The maximum Gasteiger partial charge on any atom is 0.295 e. The summed E-state index contributed by atoms with van der Waals surface area (Å²) in [7, 11) is -4.52. The van der Waals surface area contributed by atoms with Gasteiger partial charge in [0.2, 0.25) is 5.91 Å². The Morgan fingerprint density at radius 1 is 1.17 bits per heavy atom. The van der Waals surface area contributed by atoms with E-state index in [1.807, 2.05) is 0 Å². The van der Waals surface area contributed by atoms with Gasteiger partial charge in [0.1, 0.15) is 10.6 Å². The lowest BCUT2D eigenvalue weighted by Crippen LogP contribution is -2.12. The SMILES string of the molecule is NC(=O)c1cc(S(=O)(=O)O)c2cc(O)ccc2c1. The third kappa shape index (κ3) is 2.13. The molecule has 0 spiro atoms. The molecule has 0 fully saturated rings. The van der Waals surface area contributed by atoms with Crippen molar-refractivity contribution in [2.45, 2.75) is 4.90 Å². The number of aromatic hydroxyl groups is 1. The van der Waals surface area contributed by atoms with Crippen molar-refractivity contribution >= 4 is 26.8 Å². The molecule has 2 aromatic rings. The van der Waals surface area contributed by atoms with Crippen LogP contribution in [0.2, 0.25) is 0 Å². The van der Waals surface area contributed by atoms with E-state index < -0.39 is 20.9 Å². The monoisotopic (exact) mass is 267 g/mol. The Balaban J connectivity index is 2.95. The van der Waals surface area contributed by atoms with E-state index >= 15 is 0 Å². The highest BCUT2D eigenvalue weighted by Crippen LogP contribution is 2.28. The summed E-state index contributed by atoms with van der Waals surface area (Å²) in [5.41, 5.74) is 5.04. The number of phenols is 1. The number of rotatable bonds is 2. The van der Waals surface area contributed by atoms with Crippen molar-refractivity contribution in [2.24, 2.45) is 5.73 Å². The molecule has 1 amide bonds. The molecule has 0 aliphatic heterocycles.